The number of Topliss-reactive ketones (excluding diaryl/α,β-unsaturated/α-hetero) is 1. The van der Waals surface area contributed by atoms with Gasteiger partial charge in [-0.3, -0.25) is 9.48 Å². The van der Waals surface area contributed by atoms with Crippen LogP contribution in [-0.2, 0) is 12.0 Å². The van der Waals surface area contributed by atoms with Crippen LogP contribution in [0.1, 0.15) is 74.1 Å². The third kappa shape index (κ3) is 1.72. The Hall–Kier alpha value is -1.12. The molecule has 1 aromatic rings. The SMILES string of the molecule is CC(C)(C)n1nc(C2CC2)c2c1CCCC2=O. The molecule has 0 unspecified atom stereocenters. The standard InChI is InChI=1S/C14H20N2O/c1-14(2,3)16-10-5-4-6-11(17)12(10)13(15-16)9-7-8-9/h9H,4-8H2,1-3H3. The first-order valence-electron chi connectivity index (χ1n) is 6.64. The summed E-state index contributed by atoms with van der Waals surface area (Å²) in [6, 6.07) is 0. The van der Waals surface area contributed by atoms with E-state index in [0.717, 1.165) is 24.1 Å². The van der Waals surface area contributed by atoms with E-state index in [0.29, 0.717) is 18.1 Å². The Morgan fingerprint density at radius 2 is 1.94 bits per heavy atom. The predicted molar refractivity (Wildman–Crippen MR) is 66.5 cm³/mol. The van der Waals surface area contributed by atoms with E-state index in [4.69, 9.17) is 5.10 Å². The van der Waals surface area contributed by atoms with Gasteiger partial charge in [0.15, 0.2) is 5.78 Å². The largest absolute Gasteiger partial charge is 0.294 e. The highest BCUT2D eigenvalue weighted by atomic mass is 16.1. The number of hydrogen-bond donors (Lipinski definition) is 0. The average molecular weight is 232 g/mol. The molecule has 2 aliphatic rings. The second-order valence-corrected chi connectivity index (χ2v) is 6.34. The van der Waals surface area contributed by atoms with E-state index in [1.807, 2.05) is 0 Å². The van der Waals surface area contributed by atoms with Gasteiger partial charge >= 0.3 is 0 Å². The molecular formula is C14H20N2O. The molecule has 92 valence electrons. The van der Waals surface area contributed by atoms with Crippen molar-refractivity contribution in [3.63, 3.8) is 0 Å². The Morgan fingerprint density at radius 3 is 2.53 bits per heavy atom. The van der Waals surface area contributed by atoms with Gasteiger partial charge in [0.1, 0.15) is 0 Å². The van der Waals surface area contributed by atoms with Gasteiger partial charge in [0.05, 0.1) is 22.5 Å². The van der Waals surface area contributed by atoms with Crippen molar-refractivity contribution in [2.24, 2.45) is 0 Å². The zero-order chi connectivity index (χ0) is 12.2. The van der Waals surface area contributed by atoms with Crippen LogP contribution in [0.5, 0.6) is 0 Å². The first kappa shape index (κ1) is 11.0. The molecule has 3 rings (SSSR count). The van der Waals surface area contributed by atoms with Gasteiger partial charge in [-0.15, -0.1) is 0 Å². The molecule has 1 heterocycles. The van der Waals surface area contributed by atoms with E-state index < -0.39 is 0 Å². The second kappa shape index (κ2) is 3.44. The van der Waals surface area contributed by atoms with Gasteiger partial charge in [0.2, 0.25) is 0 Å². The molecule has 0 spiro atoms. The molecule has 0 aliphatic heterocycles. The van der Waals surface area contributed by atoms with E-state index >= 15 is 0 Å². The quantitative estimate of drug-likeness (QED) is 0.746. The number of fused-ring (bicyclic) bond motifs is 1. The summed E-state index contributed by atoms with van der Waals surface area (Å²) in [6.45, 7) is 6.49. The summed E-state index contributed by atoms with van der Waals surface area (Å²) in [5.74, 6) is 0.887. The van der Waals surface area contributed by atoms with Gasteiger partial charge in [-0.05, 0) is 46.5 Å². The van der Waals surface area contributed by atoms with Gasteiger partial charge in [-0.1, -0.05) is 0 Å². The first-order chi connectivity index (χ1) is 7.98. The van der Waals surface area contributed by atoms with Crippen molar-refractivity contribution < 1.29 is 4.79 Å². The van der Waals surface area contributed by atoms with Crippen molar-refractivity contribution in [1.29, 1.82) is 0 Å². The van der Waals surface area contributed by atoms with Crippen LogP contribution in [0.25, 0.3) is 0 Å². The van der Waals surface area contributed by atoms with E-state index in [-0.39, 0.29) is 5.54 Å². The van der Waals surface area contributed by atoms with Crippen molar-refractivity contribution in [3.05, 3.63) is 17.0 Å². The number of rotatable bonds is 1. The minimum atomic E-state index is -0.0190. The summed E-state index contributed by atoms with van der Waals surface area (Å²) in [4.78, 5) is 12.1. The Labute approximate surface area is 102 Å². The topological polar surface area (TPSA) is 34.9 Å². The fourth-order valence-electron chi connectivity index (χ4n) is 2.75. The van der Waals surface area contributed by atoms with Crippen LogP contribution in [-0.4, -0.2) is 15.6 Å². The molecule has 3 heteroatoms. The maximum absolute atomic E-state index is 12.1. The Balaban J connectivity index is 2.18. The van der Waals surface area contributed by atoms with E-state index in [1.54, 1.807) is 0 Å². The molecule has 3 nitrogen and oxygen atoms in total. The van der Waals surface area contributed by atoms with Crippen molar-refractivity contribution in [2.75, 3.05) is 0 Å². The third-order valence-corrected chi connectivity index (χ3v) is 3.70. The van der Waals surface area contributed by atoms with Crippen LogP contribution < -0.4 is 0 Å². The number of nitrogens with zero attached hydrogens (tertiary/aromatic N) is 2. The molecule has 1 aromatic heterocycles. The van der Waals surface area contributed by atoms with Crippen molar-refractivity contribution >= 4 is 5.78 Å². The predicted octanol–water partition coefficient (Wildman–Crippen LogP) is 3.03. The Bertz CT molecular complexity index is 475. The lowest BCUT2D eigenvalue weighted by Crippen LogP contribution is -2.27. The fraction of sp³-hybridized carbons (Fsp3) is 0.714. The molecule has 2 aliphatic carbocycles. The van der Waals surface area contributed by atoms with Gasteiger partial charge < -0.3 is 0 Å². The molecule has 0 saturated heterocycles. The number of hydrogen-bond acceptors (Lipinski definition) is 2. The molecule has 0 radical (unpaired) electrons. The average Bonchev–Trinajstić information content (AvgIpc) is 2.98. The normalized spacial score (nSPS) is 20.5. The third-order valence-electron chi connectivity index (χ3n) is 3.70. The number of ketones is 1. The Morgan fingerprint density at radius 1 is 1.24 bits per heavy atom. The highest BCUT2D eigenvalue weighted by Crippen LogP contribution is 2.43. The summed E-state index contributed by atoms with van der Waals surface area (Å²) in [5.41, 5.74) is 3.25. The minimum Gasteiger partial charge on any atom is -0.294 e. The zero-order valence-corrected chi connectivity index (χ0v) is 10.9. The van der Waals surface area contributed by atoms with Crippen LogP contribution in [0.4, 0.5) is 0 Å². The maximum Gasteiger partial charge on any atom is 0.166 e. The highest BCUT2D eigenvalue weighted by Gasteiger charge is 2.37. The number of carbonyl (C=O) groups excluding carboxylic acids is 1. The second-order valence-electron chi connectivity index (χ2n) is 6.34. The zero-order valence-electron chi connectivity index (χ0n) is 10.9. The summed E-state index contributed by atoms with van der Waals surface area (Å²) in [5, 5.41) is 4.77. The van der Waals surface area contributed by atoms with E-state index in [2.05, 4.69) is 25.5 Å². The molecular weight excluding hydrogens is 212 g/mol. The van der Waals surface area contributed by atoms with Crippen molar-refractivity contribution in [1.82, 2.24) is 9.78 Å². The van der Waals surface area contributed by atoms with Gasteiger partial charge in [0.25, 0.3) is 0 Å². The molecule has 0 atom stereocenters. The van der Waals surface area contributed by atoms with Crippen LogP contribution in [0.3, 0.4) is 0 Å². The van der Waals surface area contributed by atoms with Crippen LogP contribution >= 0.6 is 0 Å². The minimum absolute atomic E-state index is 0.0190. The maximum atomic E-state index is 12.1. The lowest BCUT2D eigenvalue weighted by Gasteiger charge is -2.24. The Kier molecular flexibility index (Phi) is 2.22. The lowest BCUT2D eigenvalue weighted by atomic mass is 9.92. The molecule has 0 N–H and O–H groups in total. The van der Waals surface area contributed by atoms with Crippen molar-refractivity contribution in [2.45, 2.75) is 64.3 Å². The molecule has 17 heavy (non-hydrogen) atoms. The molecule has 0 bridgehead atoms. The van der Waals surface area contributed by atoms with Crippen molar-refractivity contribution in [3.8, 4) is 0 Å². The fourth-order valence-corrected chi connectivity index (χ4v) is 2.75. The number of carbonyl (C=O) groups is 1. The first-order valence-corrected chi connectivity index (χ1v) is 6.64. The summed E-state index contributed by atoms with van der Waals surface area (Å²) < 4.78 is 2.10. The molecule has 0 amide bonds. The van der Waals surface area contributed by atoms with E-state index in [9.17, 15) is 4.79 Å². The molecule has 1 saturated carbocycles. The summed E-state index contributed by atoms with van der Waals surface area (Å²) >= 11 is 0. The van der Waals surface area contributed by atoms with Crippen LogP contribution in [0, 0.1) is 0 Å². The summed E-state index contributed by atoms with van der Waals surface area (Å²) in [7, 11) is 0. The van der Waals surface area contributed by atoms with Gasteiger partial charge in [-0.2, -0.15) is 5.10 Å². The highest BCUT2D eigenvalue weighted by molar-refractivity contribution is 5.99. The molecule has 1 fully saturated rings. The molecule has 0 aromatic carbocycles. The summed E-state index contributed by atoms with van der Waals surface area (Å²) in [6.07, 6.45) is 5.13. The monoisotopic (exact) mass is 232 g/mol. The van der Waals surface area contributed by atoms with Gasteiger partial charge in [-0.25, -0.2) is 0 Å². The smallest absolute Gasteiger partial charge is 0.166 e. The van der Waals surface area contributed by atoms with Crippen LogP contribution in [0.2, 0.25) is 0 Å². The van der Waals surface area contributed by atoms with Crippen LogP contribution in [0.15, 0.2) is 0 Å². The van der Waals surface area contributed by atoms with E-state index in [1.165, 1.54) is 18.5 Å². The lowest BCUT2D eigenvalue weighted by molar-refractivity contribution is 0.0970. The van der Waals surface area contributed by atoms with Gasteiger partial charge in [0, 0.05) is 12.3 Å². The number of aromatic nitrogens is 2.